The van der Waals surface area contributed by atoms with E-state index in [0.29, 0.717) is 0 Å². The molecule has 0 aliphatic carbocycles. The van der Waals surface area contributed by atoms with Crippen molar-refractivity contribution in [3.8, 4) is 0 Å². The first kappa shape index (κ1) is 16.5. The highest BCUT2D eigenvalue weighted by atomic mass is 35.5. The van der Waals surface area contributed by atoms with Crippen molar-refractivity contribution in [2.75, 3.05) is 0 Å². The predicted octanol–water partition coefficient (Wildman–Crippen LogP) is 3.16. The molecule has 0 amide bonds. The normalized spacial score (nSPS) is 15.0. The molecule has 7 heteroatoms. The Hall–Kier alpha value is -0.490. The summed E-state index contributed by atoms with van der Waals surface area (Å²) in [6, 6.07) is 2.52. The van der Waals surface area contributed by atoms with E-state index in [1.165, 1.54) is 19.1 Å². The van der Waals surface area contributed by atoms with Gasteiger partial charge < -0.3 is 10.8 Å². The van der Waals surface area contributed by atoms with Crippen molar-refractivity contribution in [2.45, 2.75) is 25.2 Å². The van der Waals surface area contributed by atoms with Gasteiger partial charge in [0.05, 0.1) is 22.7 Å². The molecule has 0 spiro atoms. The smallest absolute Gasteiger partial charge is 0.391 e. The number of halogens is 5. The van der Waals surface area contributed by atoms with Crippen molar-refractivity contribution >= 4 is 24.0 Å². The van der Waals surface area contributed by atoms with Crippen LogP contribution in [-0.2, 0) is 6.18 Å². The second-order valence-corrected chi connectivity index (χ2v) is 3.85. The Morgan fingerprint density at radius 3 is 2.29 bits per heavy atom. The van der Waals surface area contributed by atoms with Gasteiger partial charge in [-0.2, -0.15) is 13.2 Å². The minimum absolute atomic E-state index is 0. The third-order valence-corrected chi connectivity index (χ3v) is 2.63. The molecule has 98 valence electrons. The van der Waals surface area contributed by atoms with Gasteiger partial charge in [0, 0.05) is 0 Å². The van der Waals surface area contributed by atoms with Gasteiger partial charge in [-0.25, -0.2) is 0 Å². The standard InChI is InChI=1S/C10H11ClF3NO.ClH/c1-5(16)9(15)6-3-2-4-7(8(6)11)10(12,13)14;/h2-5,9,16H,15H2,1H3;1H/t5-,9-;/m1./s1. The van der Waals surface area contributed by atoms with Crippen molar-refractivity contribution in [1.29, 1.82) is 0 Å². The Labute approximate surface area is 108 Å². The molecule has 0 heterocycles. The van der Waals surface area contributed by atoms with Crippen LogP contribution in [0, 0.1) is 0 Å². The van der Waals surface area contributed by atoms with Gasteiger partial charge in [-0.15, -0.1) is 12.4 Å². The molecule has 17 heavy (non-hydrogen) atoms. The average Bonchev–Trinajstić information content (AvgIpc) is 2.15. The predicted molar refractivity (Wildman–Crippen MR) is 62.3 cm³/mol. The van der Waals surface area contributed by atoms with Crippen molar-refractivity contribution < 1.29 is 18.3 Å². The Kier molecular flexibility index (Phi) is 5.74. The quantitative estimate of drug-likeness (QED) is 0.878. The zero-order valence-electron chi connectivity index (χ0n) is 8.83. The van der Waals surface area contributed by atoms with E-state index in [1.54, 1.807) is 0 Å². The van der Waals surface area contributed by atoms with E-state index in [4.69, 9.17) is 17.3 Å². The molecule has 0 fully saturated rings. The van der Waals surface area contributed by atoms with Crippen LogP contribution in [0.1, 0.15) is 24.1 Å². The summed E-state index contributed by atoms with van der Waals surface area (Å²) in [7, 11) is 0. The maximum absolute atomic E-state index is 12.5. The van der Waals surface area contributed by atoms with E-state index < -0.39 is 28.9 Å². The number of aliphatic hydroxyl groups excluding tert-OH is 1. The molecule has 0 aliphatic rings. The molecule has 0 aliphatic heterocycles. The molecule has 0 aromatic heterocycles. The second kappa shape index (κ2) is 5.91. The summed E-state index contributed by atoms with van der Waals surface area (Å²) < 4.78 is 37.5. The van der Waals surface area contributed by atoms with Crippen molar-refractivity contribution in [3.63, 3.8) is 0 Å². The average molecular weight is 290 g/mol. The summed E-state index contributed by atoms with van der Waals surface area (Å²) in [6.45, 7) is 1.39. The summed E-state index contributed by atoms with van der Waals surface area (Å²) in [5.41, 5.74) is 4.70. The van der Waals surface area contributed by atoms with Crippen LogP contribution >= 0.6 is 24.0 Å². The highest BCUT2D eigenvalue weighted by Gasteiger charge is 2.34. The lowest BCUT2D eigenvalue weighted by molar-refractivity contribution is -0.137. The van der Waals surface area contributed by atoms with Crippen LogP contribution in [0.5, 0.6) is 0 Å². The van der Waals surface area contributed by atoms with Crippen LogP contribution in [0.3, 0.4) is 0 Å². The summed E-state index contributed by atoms with van der Waals surface area (Å²) in [5, 5.41) is 8.77. The van der Waals surface area contributed by atoms with Crippen molar-refractivity contribution in [1.82, 2.24) is 0 Å². The molecule has 0 saturated carbocycles. The van der Waals surface area contributed by atoms with Crippen molar-refractivity contribution in [3.05, 3.63) is 34.3 Å². The second-order valence-electron chi connectivity index (χ2n) is 3.47. The monoisotopic (exact) mass is 289 g/mol. The topological polar surface area (TPSA) is 46.2 Å². The van der Waals surface area contributed by atoms with Gasteiger partial charge in [0.25, 0.3) is 0 Å². The highest BCUT2D eigenvalue weighted by Crippen LogP contribution is 2.37. The minimum atomic E-state index is -4.52. The molecular formula is C10H12Cl2F3NO. The molecule has 0 unspecified atom stereocenters. The van der Waals surface area contributed by atoms with E-state index in [1.807, 2.05) is 0 Å². The zero-order valence-corrected chi connectivity index (χ0v) is 10.4. The number of hydrogen-bond acceptors (Lipinski definition) is 2. The van der Waals surface area contributed by atoms with Gasteiger partial charge in [-0.05, 0) is 18.6 Å². The number of nitrogens with two attached hydrogens (primary N) is 1. The summed E-state index contributed by atoms with van der Waals surface area (Å²) >= 11 is 5.62. The van der Waals surface area contributed by atoms with Crippen LogP contribution in [-0.4, -0.2) is 11.2 Å². The first-order chi connectivity index (χ1) is 7.25. The van der Waals surface area contributed by atoms with E-state index in [0.717, 1.165) is 6.07 Å². The molecule has 1 aromatic carbocycles. The number of aliphatic hydroxyl groups is 1. The number of alkyl halides is 3. The lowest BCUT2D eigenvalue weighted by Crippen LogP contribution is -2.24. The van der Waals surface area contributed by atoms with Gasteiger partial charge in [0.2, 0.25) is 0 Å². The number of benzene rings is 1. The Balaban J connectivity index is 0.00000256. The van der Waals surface area contributed by atoms with Crippen LogP contribution < -0.4 is 5.73 Å². The zero-order chi connectivity index (χ0) is 12.5. The Morgan fingerprint density at radius 1 is 1.35 bits per heavy atom. The molecule has 2 nitrogen and oxygen atoms in total. The highest BCUT2D eigenvalue weighted by molar-refractivity contribution is 6.32. The maximum atomic E-state index is 12.5. The molecular weight excluding hydrogens is 278 g/mol. The van der Waals surface area contributed by atoms with E-state index in [-0.39, 0.29) is 18.0 Å². The number of hydrogen-bond donors (Lipinski definition) is 2. The first-order valence-electron chi connectivity index (χ1n) is 4.54. The van der Waals surface area contributed by atoms with Crippen LogP contribution in [0.4, 0.5) is 13.2 Å². The number of rotatable bonds is 2. The van der Waals surface area contributed by atoms with Gasteiger partial charge in [0.1, 0.15) is 0 Å². The van der Waals surface area contributed by atoms with Crippen molar-refractivity contribution in [2.24, 2.45) is 5.73 Å². The molecule has 0 bridgehead atoms. The van der Waals surface area contributed by atoms with Crippen LogP contribution in [0.2, 0.25) is 5.02 Å². The molecule has 0 saturated heterocycles. The third kappa shape index (κ3) is 3.74. The van der Waals surface area contributed by atoms with E-state index in [9.17, 15) is 18.3 Å². The van der Waals surface area contributed by atoms with Crippen LogP contribution in [0.15, 0.2) is 18.2 Å². The summed E-state index contributed by atoms with van der Waals surface area (Å²) in [4.78, 5) is 0. The fraction of sp³-hybridized carbons (Fsp3) is 0.400. The first-order valence-corrected chi connectivity index (χ1v) is 4.92. The summed E-state index contributed by atoms with van der Waals surface area (Å²) in [5.74, 6) is 0. The Bertz CT molecular complexity index is 382. The maximum Gasteiger partial charge on any atom is 0.417 e. The van der Waals surface area contributed by atoms with Gasteiger partial charge >= 0.3 is 6.18 Å². The molecule has 1 rings (SSSR count). The molecule has 3 N–H and O–H groups in total. The van der Waals surface area contributed by atoms with Gasteiger partial charge in [0.15, 0.2) is 0 Å². The van der Waals surface area contributed by atoms with E-state index in [2.05, 4.69) is 0 Å². The van der Waals surface area contributed by atoms with E-state index >= 15 is 0 Å². The SMILES string of the molecule is C[C@@H](O)[C@@H](N)c1cccc(C(F)(F)F)c1Cl.Cl. The van der Waals surface area contributed by atoms with Crippen LogP contribution in [0.25, 0.3) is 0 Å². The Morgan fingerprint density at radius 2 is 1.88 bits per heavy atom. The minimum Gasteiger partial charge on any atom is -0.391 e. The lowest BCUT2D eigenvalue weighted by Gasteiger charge is -2.19. The molecule has 0 radical (unpaired) electrons. The summed E-state index contributed by atoms with van der Waals surface area (Å²) in [6.07, 6.45) is -5.49. The third-order valence-electron chi connectivity index (χ3n) is 2.21. The van der Waals surface area contributed by atoms with Gasteiger partial charge in [-0.3, -0.25) is 0 Å². The lowest BCUT2D eigenvalue weighted by atomic mass is 10.0. The molecule has 1 aromatic rings. The molecule has 2 atom stereocenters. The van der Waals surface area contributed by atoms with Gasteiger partial charge in [-0.1, -0.05) is 23.7 Å². The fourth-order valence-corrected chi connectivity index (χ4v) is 1.65. The largest absolute Gasteiger partial charge is 0.417 e. The fourth-order valence-electron chi connectivity index (χ4n) is 1.29.